The lowest BCUT2D eigenvalue weighted by Crippen LogP contribution is -2.38. The highest BCUT2D eigenvalue weighted by Gasteiger charge is 2.36. The van der Waals surface area contributed by atoms with Gasteiger partial charge < -0.3 is 4.57 Å². The van der Waals surface area contributed by atoms with Crippen LogP contribution in [0.5, 0.6) is 0 Å². The molecule has 0 saturated heterocycles. The Morgan fingerprint density at radius 2 is 1.75 bits per heavy atom. The van der Waals surface area contributed by atoms with Gasteiger partial charge in [0.2, 0.25) is 20.0 Å². The monoisotopic (exact) mass is 514 g/mol. The first-order chi connectivity index (χ1) is 14.5. The highest BCUT2D eigenvalue weighted by Crippen LogP contribution is 2.32. The van der Waals surface area contributed by atoms with Crippen molar-refractivity contribution in [1.29, 1.82) is 5.26 Å². The first-order valence-corrected chi connectivity index (χ1v) is 12.2. The second-order valence-electron chi connectivity index (χ2n) is 6.34. The number of sulfonamides is 2. The third-order valence-electron chi connectivity index (χ3n) is 4.15. The fourth-order valence-corrected chi connectivity index (χ4v) is 6.18. The lowest BCUT2D eigenvalue weighted by Gasteiger charge is -2.23. The summed E-state index contributed by atoms with van der Waals surface area (Å²) >= 11 is 4.86. The molecule has 0 saturated carbocycles. The van der Waals surface area contributed by atoms with Crippen LogP contribution in [0.1, 0.15) is 18.2 Å². The van der Waals surface area contributed by atoms with Crippen LogP contribution in [0.4, 0.5) is 23.2 Å². The Balaban J connectivity index is 3.04. The van der Waals surface area contributed by atoms with Gasteiger partial charge in [-0.2, -0.15) is 22.1 Å². The van der Waals surface area contributed by atoms with Gasteiger partial charge in [-0.05, 0) is 31.3 Å². The Bertz CT molecular complexity index is 1470. The van der Waals surface area contributed by atoms with Gasteiger partial charge in [0, 0.05) is 13.1 Å². The van der Waals surface area contributed by atoms with E-state index in [9.17, 15) is 44.5 Å². The van der Waals surface area contributed by atoms with Gasteiger partial charge >= 0.3 is 6.18 Å². The minimum atomic E-state index is -4.96. The van der Waals surface area contributed by atoms with Crippen molar-refractivity contribution in [2.45, 2.75) is 13.1 Å². The molecule has 16 heteroatoms. The summed E-state index contributed by atoms with van der Waals surface area (Å²) in [7, 11) is -8.28. The summed E-state index contributed by atoms with van der Waals surface area (Å²) in [6, 6.07) is 2.60. The van der Waals surface area contributed by atoms with Gasteiger partial charge in [-0.15, -0.1) is 0 Å². The normalized spacial score (nSPS) is 12.4. The van der Waals surface area contributed by atoms with Crippen LogP contribution >= 0.6 is 12.2 Å². The van der Waals surface area contributed by atoms with E-state index >= 15 is 0 Å². The molecule has 9 nitrogen and oxygen atoms in total. The third-order valence-corrected chi connectivity index (χ3v) is 8.33. The van der Waals surface area contributed by atoms with Crippen molar-refractivity contribution in [2.75, 3.05) is 15.7 Å². The van der Waals surface area contributed by atoms with Crippen molar-refractivity contribution in [3.63, 3.8) is 0 Å². The van der Waals surface area contributed by atoms with Gasteiger partial charge in [-0.25, -0.2) is 21.2 Å². The number of hydrogen-bond donors (Lipinski definition) is 0. The lowest BCUT2D eigenvalue weighted by atomic mass is 10.1. The van der Waals surface area contributed by atoms with Crippen LogP contribution in [-0.2, 0) is 33.3 Å². The standard InChI is InChI=1S/C16H14F4N4O5S3/c1-4-32(28,29)24(31(3,26)27)11-6-12(10(17)5-9(11)8-21)23-14(25)7-13(16(18,19)20)22(2)15(23)30/h5-7H,4H2,1-3H3. The molecule has 0 amide bonds. The minimum absolute atomic E-state index is 0.111. The summed E-state index contributed by atoms with van der Waals surface area (Å²) in [6.07, 6.45) is -4.44. The Labute approximate surface area is 184 Å². The number of hydrogen-bond acceptors (Lipinski definition) is 7. The van der Waals surface area contributed by atoms with Crippen molar-refractivity contribution < 1.29 is 34.4 Å². The van der Waals surface area contributed by atoms with Gasteiger partial charge in [0.15, 0.2) is 4.77 Å². The molecule has 2 rings (SSSR count). The maximum atomic E-state index is 14.8. The van der Waals surface area contributed by atoms with E-state index in [1.165, 1.54) is 6.07 Å². The molecule has 32 heavy (non-hydrogen) atoms. The topological polar surface area (TPSA) is 122 Å². The summed E-state index contributed by atoms with van der Waals surface area (Å²) < 4.78 is 103. The van der Waals surface area contributed by atoms with Crippen molar-refractivity contribution in [1.82, 2.24) is 9.13 Å². The Morgan fingerprint density at radius 3 is 2.19 bits per heavy atom. The van der Waals surface area contributed by atoms with Gasteiger partial charge in [0.25, 0.3) is 5.56 Å². The summed E-state index contributed by atoms with van der Waals surface area (Å²) in [6.45, 7) is 1.12. The molecule has 0 aliphatic carbocycles. The Kier molecular flexibility index (Phi) is 6.61. The Morgan fingerprint density at radius 1 is 1.19 bits per heavy atom. The maximum absolute atomic E-state index is 14.8. The number of aromatic nitrogens is 2. The summed E-state index contributed by atoms with van der Waals surface area (Å²) in [5, 5.41) is 9.29. The second kappa shape index (κ2) is 8.30. The molecule has 0 bridgehead atoms. The van der Waals surface area contributed by atoms with E-state index in [0.29, 0.717) is 27.5 Å². The molecular weight excluding hydrogens is 500 g/mol. The van der Waals surface area contributed by atoms with E-state index in [1.807, 2.05) is 0 Å². The number of alkyl halides is 3. The van der Waals surface area contributed by atoms with E-state index in [2.05, 4.69) is 0 Å². The van der Waals surface area contributed by atoms with Crippen molar-refractivity contribution in [3.8, 4) is 11.8 Å². The minimum Gasteiger partial charge on any atom is -0.317 e. The van der Waals surface area contributed by atoms with Gasteiger partial charge in [-0.3, -0.25) is 9.36 Å². The average Bonchev–Trinajstić information content (AvgIpc) is 2.64. The highest BCUT2D eigenvalue weighted by atomic mass is 32.3. The molecule has 0 radical (unpaired) electrons. The zero-order chi connectivity index (χ0) is 24.8. The van der Waals surface area contributed by atoms with Gasteiger partial charge in [0.1, 0.15) is 17.6 Å². The molecule has 0 aliphatic rings. The van der Waals surface area contributed by atoms with Crippen LogP contribution in [0, 0.1) is 21.9 Å². The van der Waals surface area contributed by atoms with Gasteiger partial charge in [0.05, 0.1) is 28.9 Å². The van der Waals surface area contributed by atoms with Gasteiger partial charge in [-0.1, -0.05) is 0 Å². The third kappa shape index (κ3) is 4.54. The molecular formula is C16H14F4N4O5S3. The average molecular weight is 515 g/mol. The predicted molar refractivity (Wildman–Crippen MR) is 108 cm³/mol. The largest absolute Gasteiger partial charge is 0.431 e. The van der Waals surface area contributed by atoms with Crippen molar-refractivity contribution in [2.24, 2.45) is 7.05 Å². The Hall–Kier alpha value is -2.77. The molecule has 1 aromatic heterocycles. The molecule has 0 fully saturated rings. The number of nitrogens with zero attached hydrogens (tertiary/aromatic N) is 4. The van der Waals surface area contributed by atoms with Crippen LogP contribution in [0.3, 0.4) is 0 Å². The highest BCUT2D eigenvalue weighted by molar-refractivity contribution is 8.09. The number of rotatable bonds is 5. The van der Waals surface area contributed by atoms with E-state index in [1.54, 1.807) is 0 Å². The summed E-state index contributed by atoms with van der Waals surface area (Å²) in [4.78, 5) is 12.4. The quantitative estimate of drug-likeness (QED) is 0.442. The fraction of sp³-hybridized carbons (Fsp3) is 0.312. The van der Waals surface area contributed by atoms with E-state index in [4.69, 9.17) is 12.2 Å². The molecule has 2 aromatic rings. The lowest BCUT2D eigenvalue weighted by molar-refractivity contribution is -0.143. The SMILES string of the molecule is CCS(=O)(=O)N(c1cc(-n2c(=O)cc(C(F)(F)F)n(C)c2=S)c(F)cc1C#N)S(C)(=O)=O. The zero-order valence-electron chi connectivity index (χ0n) is 16.5. The van der Waals surface area contributed by atoms with E-state index in [0.717, 1.165) is 14.0 Å². The first-order valence-electron chi connectivity index (χ1n) is 8.34. The number of halogens is 4. The zero-order valence-corrected chi connectivity index (χ0v) is 19.0. The number of nitriles is 1. The van der Waals surface area contributed by atoms with Crippen LogP contribution in [0.15, 0.2) is 23.0 Å². The second-order valence-corrected chi connectivity index (χ2v) is 10.9. The molecule has 0 atom stereocenters. The molecule has 0 unspecified atom stereocenters. The van der Waals surface area contributed by atoms with Crippen molar-refractivity contribution in [3.05, 3.63) is 50.4 Å². The molecule has 174 valence electrons. The molecule has 0 aliphatic heterocycles. The fourth-order valence-electron chi connectivity index (χ4n) is 2.73. The first kappa shape index (κ1) is 25.5. The summed E-state index contributed by atoms with van der Waals surface area (Å²) in [5.41, 5.74) is -5.23. The van der Waals surface area contributed by atoms with E-state index in [-0.39, 0.29) is 9.78 Å². The van der Waals surface area contributed by atoms with Crippen LogP contribution in [-0.4, -0.2) is 38.0 Å². The number of anilines is 1. The summed E-state index contributed by atoms with van der Waals surface area (Å²) in [5.74, 6) is -2.06. The van der Waals surface area contributed by atoms with Crippen LogP contribution < -0.4 is 9.27 Å². The van der Waals surface area contributed by atoms with Crippen LogP contribution in [0.25, 0.3) is 5.69 Å². The van der Waals surface area contributed by atoms with Crippen LogP contribution in [0.2, 0.25) is 0 Å². The van der Waals surface area contributed by atoms with E-state index < -0.39 is 70.8 Å². The molecule has 0 N–H and O–H groups in total. The van der Waals surface area contributed by atoms with Crippen molar-refractivity contribution >= 4 is 38.0 Å². The smallest absolute Gasteiger partial charge is 0.317 e. The maximum Gasteiger partial charge on any atom is 0.431 e. The molecule has 0 spiro atoms. The predicted octanol–water partition coefficient (Wildman–Crippen LogP) is 2.05. The number of benzene rings is 1. The molecule has 1 heterocycles. The molecule has 1 aromatic carbocycles.